The highest BCUT2D eigenvalue weighted by atomic mass is 16.2. The molecule has 3 heterocycles. The fourth-order valence-electron chi connectivity index (χ4n) is 6.19. The van der Waals surface area contributed by atoms with Crippen molar-refractivity contribution in [2.75, 3.05) is 16.8 Å². The number of benzene rings is 1. The molecule has 5 heteroatoms. The van der Waals surface area contributed by atoms with E-state index in [0.29, 0.717) is 12.1 Å². The van der Waals surface area contributed by atoms with Gasteiger partial charge < -0.3 is 9.80 Å². The number of anilines is 2. The Bertz CT molecular complexity index is 1170. The zero-order chi connectivity index (χ0) is 21.7. The van der Waals surface area contributed by atoms with E-state index in [1.54, 1.807) is 0 Å². The summed E-state index contributed by atoms with van der Waals surface area (Å²) in [5, 5.41) is 1.16. The lowest BCUT2D eigenvalue weighted by atomic mass is 9.99. The van der Waals surface area contributed by atoms with Crippen molar-refractivity contribution in [2.45, 2.75) is 63.5 Å². The van der Waals surface area contributed by atoms with Gasteiger partial charge in [-0.05, 0) is 61.6 Å². The summed E-state index contributed by atoms with van der Waals surface area (Å²) in [7, 11) is 1.94. The highest BCUT2D eigenvalue weighted by molar-refractivity contribution is 5.99. The maximum atomic E-state index is 13.3. The number of pyridine rings is 2. The summed E-state index contributed by atoms with van der Waals surface area (Å²) in [5.74, 6) is 1.40. The van der Waals surface area contributed by atoms with Gasteiger partial charge in [-0.3, -0.25) is 9.78 Å². The van der Waals surface area contributed by atoms with E-state index >= 15 is 0 Å². The first-order chi connectivity index (χ1) is 15.7. The van der Waals surface area contributed by atoms with Gasteiger partial charge in [0.25, 0.3) is 0 Å². The Morgan fingerprint density at radius 3 is 2.75 bits per heavy atom. The fraction of sp³-hybridized carbons (Fsp3) is 0.444. The van der Waals surface area contributed by atoms with Crippen LogP contribution in [0.2, 0.25) is 0 Å². The van der Waals surface area contributed by atoms with Gasteiger partial charge in [-0.25, -0.2) is 4.98 Å². The van der Waals surface area contributed by atoms with E-state index in [-0.39, 0.29) is 11.8 Å². The normalized spacial score (nSPS) is 23.5. The van der Waals surface area contributed by atoms with Crippen molar-refractivity contribution in [2.24, 2.45) is 5.92 Å². The third-order valence-electron chi connectivity index (χ3n) is 7.77. The van der Waals surface area contributed by atoms with Crippen molar-refractivity contribution < 1.29 is 4.79 Å². The van der Waals surface area contributed by atoms with Crippen molar-refractivity contribution in [1.82, 2.24) is 9.97 Å². The Labute approximate surface area is 189 Å². The Kier molecular flexibility index (Phi) is 4.85. The standard InChI is InChI=1S/C27H30N4O/c1-30-25-14-12-20(17-18-11-13-23-19(16-18)6-5-15-28-23)29-26(25)31(21-7-2-3-8-21)24-10-4-9-22(24)27(30)32/h5-6,11-16,21-22,24H,2-4,7-10,17H2,1H3/t22-,24+/m0/s1. The summed E-state index contributed by atoms with van der Waals surface area (Å²) in [4.78, 5) is 27.4. The lowest BCUT2D eigenvalue weighted by Crippen LogP contribution is -2.46. The molecule has 1 aromatic carbocycles. The average Bonchev–Trinajstić information content (AvgIpc) is 3.50. The summed E-state index contributed by atoms with van der Waals surface area (Å²) >= 11 is 0. The van der Waals surface area contributed by atoms with Crippen molar-refractivity contribution in [1.29, 1.82) is 0 Å². The van der Waals surface area contributed by atoms with Gasteiger partial charge in [0.05, 0.1) is 17.1 Å². The number of hydrogen-bond acceptors (Lipinski definition) is 4. The van der Waals surface area contributed by atoms with Gasteiger partial charge in [0.15, 0.2) is 5.82 Å². The van der Waals surface area contributed by atoms with E-state index in [9.17, 15) is 4.79 Å². The summed E-state index contributed by atoms with van der Waals surface area (Å²) in [6, 6.07) is 15.6. The van der Waals surface area contributed by atoms with Crippen LogP contribution in [0.25, 0.3) is 10.9 Å². The molecule has 1 aliphatic heterocycles. The van der Waals surface area contributed by atoms with Crippen LogP contribution < -0.4 is 9.80 Å². The number of hydrogen-bond donors (Lipinski definition) is 0. The molecular formula is C27H30N4O. The summed E-state index contributed by atoms with van der Waals surface area (Å²) in [6.07, 6.45) is 10.8. The maximum absolute atomic E-state index is 13.3. The highest BCUT2D eigenvalue weighted by Gasteiger charge is 2.45. The summed E-state index contributed by atoms with van der Waals surface area (Å²) in [5.41, 5.74) is 4.29. The smallest absolute Gasteiger partial charge is 0.232 e. The first-order valence-corrected chi connectivity index (χ1v) is 12.1. The van der Waals surface area contributed by atoms with Crippen molar-refractivity contribution in [3.63, 3.8) is 0 Å². The summed E-state index contributed by atoms with van der Waals surface area (Å²) in [6.45, 7) is 0. The number of carbonyl (C=O) groups excluding carboxylic acids is 1. The monoisotopic (exact) mass is 426 g/mol. The molecule has 1 amide bonds. The quantitative estimate of drug-likeness (QED) is 0.584. The van der Waals surface area contributed by atoms with Gasteiger partial charge in [-0.1, -0.05) is 31.4 Å². The molecule has 2 aliphatic carbocycles. The molecule has 5 nitrogen and oxygen atoms in total. The van der Waals surface area contributed by atoms with Crippen molar-refractivity contribution in [3.8, 4) is 0 Å². The molecule has 0 bridgehead atoms. The minimum atomic E-state index is 0.103. The molecular weight excluding hydrogens is 396 g/mol. The second-order valence-electron chi connectivity index (χ2n) is 9.70. The summed E-state index contributed by atoms with van der Waals surface area (Å²) < 4.78 is 0. The Balaban J connectivity index is 1.41. The number of nitrogens with zero attached hydrogens (tertiary/aromatic N) is 4. The highest BCUT2D eigenvalue weighted by Crippen LogP contribution is 2.44. The number of carbonyl (C=O) groups is 1. The molecule has 0 radical (unpaired) electrons. The second-order valence-corrected chi connectivity index (χ2v) is 9.70. The molecule has 6 rings (SSSR count). The van der Waals surface area contributed by atoms with E-state index in [2.05, 4.69) is 46.3 Å². The number of rotatable bonds is 3. The predicted molar refractivity (Wildman–Crippen MR) is 128 cm³/mol. The fourth-order valence-corrected chi connectivity index (χ4v) is 6.19. The van der Waals surface area contributed by atoms with E-state index in [4.69, 9.17) is 4.98 Å². The van der Waals surface area contributed by atoms with E-state index in [0.717, 1.165) is 53.8 Å². The zero-order valence-electron chi connectivity index (χ0n) is 18.7. The van der Waals surface area contributed by atoms with Crippen molar-refractivity contribution in [3.05, 3.63) is 59.9 Å². The van der Waals surface area contributed by atoms with Crippen LogP contribution >= 0.6 is 0 Å². The van der Waals surface area contributed by atoms with Crippen molar-refractivity contribution >= 4 is 28.3 Å². The SMILES string of the molecule is CN1C(=O)[C@H]2CCC[C@H]2N(C2CCCC2)c2nc(Cc3ccc4ncccc4c3)ccc21. The first-order valence-electron chi connectivity index (χ1n) is 12.1. The third kappa shape index (κ3) is 3.26. The minimum Gasteiger partial charge on any atom is -0.348 e. The average molecular weight is 427 g/mol. The molecule has 0 N–H and O–H groups in total. The van der Waals surface area contributed by atoms with Crippen LogP contribution in [0.3, 0.4) is 0 Å². The van der Waals surface area contributed by atoms with Gasteiger partial charge in [0.2, 0.25) is 5.91 Å². The molecule has 3 aromatic rings. The number of amides is 1. The van der Waals surface area contributed by atoms with E-state index < -0.39 is 0 Å². The molecule has 0 saturated heterocycles. The zero-order valence-corrected chi connectivity index (χ0v) is 18.7. The van der Waals surface area contributed by atoms with Crippen LogP contribution in [-0.2, 0) is 11.2 Å². The van der Waals surface area contributed by atoms with Crippen LogP contribution in [0.5, 0.6) is 0 Å². The Hall–Kier alpha value is -2.95. The van der Waals surface area contributed by atoms with Gasteiger partial charge in [-0.2, -0.15) is 0 Å². The molecule has 2 aromatic heterocycles. The second kappa shape index (κ2) is 7.88. The van der Waals surface area contributed by atoms with Gasteiger partial charge >= 0.3 is 0 Å². The molecule has 2 atom stereocenters. The first kappa shape index (κ1) is 19.7. The van der Waals surface area contributed by atoms with Gasteiger partial charge in [-0.15, -0.1) is 0 Å². The lowest BCUT2D eigenvalue weighted by molar-refractivity contribution is -0.122. The maximum Gasteiger partial charge on any atom is 0.232 e. The third-order valence-corrected chi connectivity index (χ3v) is 7.77. The lowest BCUT2D eigenvalue weighted by Gasteiger charge is -2.37. The molecule has 3 aliphatic rings. The van der Waals surface area contributed by atoms with Crippen LogP contribution in [0, 0.1) is 5.92 Å². The topological polar surface area (TPSA) is 49.3 Å². The molecule has 2 saturated carbocycles. The van der Waals surface area contributed by atoms with E-state index in [1.165, 1.54) is 31.2 Å². The Morgan fingerprint density at radius 2 is 1.88 bits per heavy atom. The van der Waals surface area contributed by atoms with E-state index in [1.807, 2.05) is 24.2 Å². The molecule has 0 spiro atoms. The Morgan fingerprint density at radius 1 is 1.00 bits per heavy atom. The minimum absolute atomic E-state index is 0.103. The van der Waals surface area contributed by atoms with Gasteiger partial charge in [0.1, 0.15) is 0 Å². The number of aromatic nitrogens is 2. The van der Waals surface area contributed by atoms with Crippen LogP contribution in [-0.4, -0.2) is 35.0 Å². The van der Waals surface area contributed by atoms with Crippen LogP contribution in [0.4, 0.5) is 11.5 Å². The largest absolute Gasteiger partial charge is 0.348 e. The number of fused-ring (bicyclic) bond motifs is 3. The molecule has 2 fully saturated rings. The molecule has 164 valence electrons. The van der Waals surface area contributed by atoms with Crippen LogP contribution in [0.1, 0.15) is 56.2 Å². The van der Waals surface area contributed by atoms with Gasteiger partial charge in [0, 0.05) is 42.8 Å². The molecule has 32 heavy (non-hydrogen) atoms. The van der Waals surface area contributed by atoms with Crippen LogP contribution in [0.15, 0.2) is 48.7 Å². The predicted octanol–water partition coefficient (Wildman–Crippen LogP) is 5.11. The molecule has 0 unspecified atom stereocenters.